The molecule has 1 rings (SSSR count). The van der Waals surface area contributed by atoms with E-state index in [0.717, 1.165) is 6.07 Å². The highest BCUT2D eigenvalue weighted by Gasteiger charge is 2.07. The third kappa shape index (κ3) is 5.23. The molecule has 0 spiro atoms. The van der Waals surface area contributed by atoms with E-state index in [4.69, 9.17) is 5.11 Å². The molecule has 0 amide bonds. The Morgan fingerprint density at radius 3 is 2.72 bits per heavy atom. The van der Waals surface area contributed by atoms with Gasteiger partial charge in [-0.1, -0.05) is 13.0 Å². The zero-order valence-electron chi connectivity index (χ0n) is 10.2. The minimum Gasteiger partial charge on any atom is -0.481 e. The van der Waals surface area contributed by atoms with Crippen LogP contribution in [0.5, 0.6) is 0 Å². The van der Waals surface area contributed by atoms with Crippen molar-refractivity contribution in [1.29, 1.82) is 0 Å². The minimum absolute atomic E-state index is 0.0486. The van der Waals surface area contributed by atoms with Crippen LogP contribution >= 0.6 is 0 Å². The summed E-state index contributed by atoms with van der Waals surface area (Å²) in [4.78, 5) is 10.4. The fraction of sp³-hybridized carbons (Fsp3) is 0.462. The van der Waals surface area contributed by atoms with E-state index >= 15 is 0 Å². The molecule has 1 atom stereocenters. The summed E-state index contributed by atoms with van der Waals surface area (Å²) in [6.45, 7) is 3.05. The highest BCUT2D eigenvalue weighted by Crippen LogP contribution is 2.08. The van der Waals surface area contributed by atoms with Crippen LogP contribution < -0.4 is 5.32 Å². The predicted octanol–water partition coefficient (Wildman–Crippen LogP) is 2.21. The van der Waals surface area contributed by atoms with Crippen LogP contribution in [-0.4, -0.2) is 24.2 Å². The summed E-state index contributed by atoms with van der Waals surface area (Å²) in [6.07, 6.45) is 0.704. The Hall–Kier alpha value is -1.49. The van der Waals surface area contributed by atoms with Gasteiger partial charge in [0.25, 0.3) is 0 Å². The second kappa shape index (κ2) is 7.06. The summed E-state index contributed by atoms with van der Waals surface area (Å²) in [5.41, 5.74) is 0.715. The maximum atomic E-state index is 12.9. The Morgan fingerprint density at radius 1 is 1.39 bits per heavy atom. The summed E-state index contributed by atoms with van der Waals surface area (Å²) < 4.78 is 25.6. The van der Waals surface area contributed by atoms with Gasteiger partial charge < -0.3 is 10.4 Å². The number of carboxylic acids is 1. The lowest BCUT2D eigenvalue weighted by Gasteiger charge is -2.10. The van der Waals surface area contributed by atoms with Crippen LogP contribution in [0.4, 0.5) is 8.78 Å². The van der Waals surface area contributed by atoms with Crippen molar-refractivity contribution in [2.45, 2.75) is 19.8 Å². The van der Waals surface area contributed by atoms with Gasteiger partial charge in [0.1, 0.15) is 0 Å². The maximum Gasteiger partial charge on any atom is 0.303 e. The van der Waals surface area contributed by atoms with Gasteiger partial charge in [-0.15, -0.1) is 0 Å². The Bertz CT molecular complexity index is 410. The Morgan fingerprint density at radius 2 is 2.11 bits per heavy atom. The van der Waals surface area contributed by atoms with Gasteiger partial charge >= 0.3 is 5.97 Å². The molecular formula is C13H17F2NO2. The molecule has 0 radical (unpaired) electrons. The first-order chi connectivity index (χ1) is 8.49. The Kier molecular flexibility index (Phi) is 5.71. The van der Waals surface area contributed by atoms with Crippen LogP contribution in [0.1, 0.15) is 18.9 Å². The molecule has 0 heterocycles. The molecular weight excluding hydrogens is 240 g/mol. The van der Waals surface area contributed by atoms with Crippen LogP contribution in [0.15, 0.2) is 18.2 Å². The quantitative estimate of drug-likeness (QED) is 0.736. The van der Waals surface area contributed by atoms with Crippen molar-refractivity contribution in [1.82, 2.24) is 5.32 Å². The number of hydrogen-bond acceptors (Lipinski definition) is 2. The average Bonchev–Trinajstić information content (AvgIpc) is 2.28. The summed E-state index contributed by atoms with van der Waals surface area (Å²) in [7, 11) is 0. The third-order valence-corrected chi connectivity index (χ3v) is 2.59. The highest BCUT2D eigenvalue weighted by atomic mass is 19.2. The fourth-order valence-electron chi connectivity index (χ4n) is 1.65. The molecule has 0 fully saturated rings. The number of carbonyl (C=O) groups is 1. The number of aliphatic carboxylic acids is 1. The van der Waals surface area contributed by atoms with Gasteiger partial charge in [-0.2, -0.15) is 0 Å². The lowest BCUT2D eigenvalue weighted by molar-refractivity contribution is -0.137. The summed E-state index contributed by atoms with van der Waals surface area (Å²) in [6, 6.07) is 3.83. The molecule has 1 unspecified atom stereocenters. The number of nitrogens with one attached hydrogen (secondary N) is 1. The molecule has 1 aromatic rings. The van der Waals surface area contributed by atoms with Gasteiger partial charge in [0.05, 0.1) is 0 Å². The summed E-state index contributed by atoms with van der Waals surface area (Å²) >= 11 is 0. The number of benzene rings is 1. The van der Waals surface area contributed by atoms with Crippen LogP contribution in [0.25, 0.3) is 0 Å². The Labute approximate surface area is 105 Å². The number of rotatable bonds is 7. The van der Waals surface area contributed by atoms with Gasteiger partial charge in [0, 0.05) is 6.42 Å². The molecule has 0 aliphatic heterocycles. The smallest absolute Gasteiger partial charge is 0.303 e. The monoisotopic (exact) mass is 257 g/mol. The summed E-state index contributed by atoms with van der Waals surface area (Å²) in [5, 5.41) is 11.7. The zero-order valence-corrected chi connectivity index (χ0v) is 10.2. The second-order valence-corrected chi connectivity index (χ2v) is 4.41. The van der Waals surface area contributed by atoms with Crippen molar-refractivity contribution >= 4 is 5.97 Å². The fourth-order valence-corrected chi connectivity index (χ4v) is 1.65. The van der Waals surface area contributed by atoms with Crippen LogP contribution in [0, 0.1) is 17.6 Å². The molecule has 2 N–H and O–H groups in total. The van der Waals surface area contributed by atoms with Gasteiger partial charge in [0.15, 0.2) is 11.6 Å². The summed E-state index contributed by atoms with van der Waals surface area (Å²) in [5.74, 6) is -2.45. The first-order valence-electron chi connectivity index (χ1n) is 5.85. The standard InChI is InChI=1S/C13H17F2NO2/c1-9(6-13(17)18)8-16-5-4-10-2-3-11(14)12(15)7-10/h2-3,7,9,16H,4-6,8H2,1H3,(H,17,18). The zero-order chi connectivity index (χ0) is 13.5. The van der Waals surface area contributed by atoms with Crippen molar-refractivity contribution in [3.8, 4) is 0 Å². The molecule has 0 saturated carbocycles. The molecule has 0 aliphatic carbocycles. The molecule has 18 heavy (non-hydrogen) atoms. The minimum atomic E-state index is -0.846. The number of hydrogen-bond donors (Lipinski definition) is 2. The van der Waals surface area contributed by atoms with Gasteiger partial charge in [-0.3, -0.25) is 4.79 Å². The molecule has 0 saturated heterocycles. The molecule has 100 valence electrons. The molecule has 0 aromatic heterocycles. The Balaban J connectivity index is 2.25. The average molecular weight is 257 g/mol. The van der Waals surface area contributed by atoms with E-state index in [9.17, 15) is 13.6 Å². The van der Waals surface area contributed by atoms with Crippen molar-refractivity contribution in [3.05, 3.63) is 35.4 Å². The largest absolute Gasteiger partial charge is 0.481 e. The number of carboxylic acid groups (broad SMARTS) is 1. The van der Waals surface area contributed by atoms with Crippen LogP contribution in [0.3, 0.4) is 0 Å². The van der Waals surface area contributed by atoms with Crippen LogP contribution in [-0.2, 0) is 11.2 Å². The first-order valence-corrected chi connectivity index (χ1v) is 5.85. The van der Waals surface area contributed by atoms with E-state index in [1.54, 1.807) is 6.07 Å². The SMILES string of the molecule is CC(CNCCc1ccc(F)c(F)c1)CC(=O)O. The van der Waals surface area contributed by atoms with E-state index < -0.39 is 17.6 Å². The van der Waals surface area contributed by atoms with E-state index in [2.05, 4.69) is 5.32 Å². The van der Waals surface area contributed by atoms with Crippen molar-refractivity contribution in [3.63, 3.8) is 0 Å². The first kappa shape index (κ1) is 14.6. The second-order valence-electron chi connectivity index (χ2n) is 4.41. The topological polar surface area (TPSA) is 49.3 Å². The van der Waals surface area contributed by atoms with E-state index in [0.29, 0.717) is 25.1 Å². The van der Waals surface area contributed by atoms with E-state index in [1.165, 1.54) is 6.07 Å². The van der Waals surface area contributed by atoms with Gasteiger partial charge in [0.2, 0.25) is 0 Å². The van der Waals surface area contributed by atoms with Crippen molar-refractivity contribution < 1.29 is 18.7 Å². The lowest BCUT2D eigenvalue weighted by atomic mass is 10.1. The van der Waals surface area contributed by atoms with Crippen molar-refractivity contribution in [2.75, 3.05) is 13.1 Å². The van der Waals surface area contributed by atoms with E-state index in [-0.39, 0.29) is 12.3 Å². The molecule has 5 heteroatoms. The molecule has 1 aromatic carbocycles. The normalized spacial score (nSPS) is 12.4. The van der Waals surface area contributed by atoms with E-state index in [1.807, 2.05) is 6.92 Å². The molecule has 0 aliphatic rings. The predicted molar refractivity (Wildman–Crippen MR) is 64.3 cm³/mol. The molecule has 3 nitrogen and oxygen atoms in total. The molecule has 0 bridgehead atoms. The van der Waals surface area contributed by atoms with Crippen LogP contribution in [0.2, 0.25) is 0 Å². The highest BCUT2D eigenvalue weighted by molar-refractivity contribution is 5.66. The van der Waals surface area contributed by atoms with Crippen molar-refractivity contribution in [2.24, 2.45) is 5.92 Å². The lowest BCUT2D eigenvalue weighted by Crippen LogP contribution is -2.25. The van der Waals surface area contributed by atoms with Gasteiger partial charge in [-0.05, 0) is 43.1 Å². The third-order valence-electron chi connectivity index (χ3n) is 2.59. The number of halogens is 2. The van der Waals surface area contributed by atoms with Gasteiger partial charge in [-0.25, -0.2) is 8.78 Å². The maximum absolute atomic E-state index is 12.9.